The summed E-state index contributed by atoms with van der Waals surface area (Å²) in [4.78, 5) is 40.6. The number of anilines is 1. The molecule has 3 rings (SSSR count). The van der Waals surface area contributed by atoms with Gasteiger partial charge < -0.3 is 14.8 Å². The molecule has 30 heavy (non-hydrogen) atoms. The maximum absolute atomic E-state index is 12.6. The third-order valence-corrected chi connectivity index (χ3v) is 4.69. The van der Waals surface area contributed by atoms with Gasteiger partial charge in [-0.2, -0.15) is 0 Å². The SMILES string of the molecule is COC(=O)c1cccc(NC(=O)COC(=O)c2cnc(SC)n2-c2ccccc2)c1. The van der Waals surface area contributed by atoms with Crippen molar-refractivity contribution in [1.82, 2.24) is 9.55 Å². The standard InChI is InChI=1S/C21H19N3O5S/c1-28-19(26)14-7-6-8-15(11-14)23-18(25)13-29-20(27)17-12-22-21(30-2)24(17)16-9-4-3-5-10-16/h3-12H,13H2,1-2H3,(H,23,25). The van der Waals surface area contributed by atoms with E-state index < -0.39 is 24.5 Å². The lowest BCUT2D eigenvalue weighted by Crippen LogP contribution is -2.22. The summed E-state index contributed by atoms with van der Waals surface area (Å²) in [6.07, 6.45) is 3.27. The van der Waals surface area contributed by atoms with Gasteiger partial charge in [-0.15, -0.1) is 0 Å². The number of aromatic nitrogens is 2. The summed E-state index contributed by atoms with van der Waals surface area (Å²) in [6.45, 7) is -0.490. The maximum Gasteiger partial charge on any atom is 0.357 e. The Morgan fingerprint density at radius 3 is 2.53 bits per heavy atom. The maximum atomic E-state index is 12.6. The molecule has 0 saturated heterocycles. The number of carbonyl (C=O) groups excluding carboxylic acids is 3. The van der Waals surface area contributed by atoms with Gasteiger partial charge in [0.25, 0.3) is 5.91 Å². The first kappa shape index (κ1) is 21.1. The quantitative estimate of drug-likeness (QED) is 0.458. The number of thioether (sulfide) groups is 1. The predicted molar refractivity (Wildman–Crippen MR) is 112 cm³/mol. The van der Waals surface area contributed by atoms with Crippen molar-refractivity contribution in [3.05, 3.63) is 72.1 Å². The summed E-state index contributed by atoms with van der Waals surface area (Å²) in [6, 6.07) is 15.5. The molecule has 0 fully saturated rings. The largest absolute Gasteiger partial charge is 0.465 e. The number of esters is 2. The van der Waals surface area contributed by atoms with Crippen LogP contribution in [0.5, 0.6) is 0 Å². The number of benzene rings is 2. The summed E-state index contributed by atoms with van der Waals surface area (Å²) in [5.74, 6) is -1.73. The van der Waals surface area contributed by atoms with Crippen LogP contribution in [0.15, 0.2) is 66.0 Å². The Hall–Kier alpha value is -3.59. The van der Waals surface area contributed by atoms with Crippen molar-refractivity contribution in [2.24, 2.45) is 0 Å². The van der Waals surface area contributed by atoms with E-state index >= 15 is 0 Å². The topological polar surface area (TPSA) is 99.5 Å². The Morgan fingerprint density at radius 2 is 1.83 bits per heavy atom. The molecular formula is C21H19N3O5S. The van der Waals surface area contributed by atoms with Gasteiger partial charge in [0.15, 0.2) is 17.5 Å². The molecule has 1 aromatic heterocycles. The van der Waals surface area contributed by atoms with E-state index in [1.165, 1.54) is 31.1 Å². The summed E-state index contributed by atoms with van der Waals surface area (Å²) < 4.78 is 11.5. The molecule has 0 aliphatic rings. The Bertz CT molecular complexity index is 1070. The van der Waals surface area contributed by atoms with Gasteiger partial charge in [-0.25, -0.2) is 14.6 Å². The van der Waals surface area contributed by atoms with Crippen LogP contribution >= 0.6 is 11.8 Å². The molecule has 1 heterocycles. The molecule has 9 heteroatoms. The van der Waals surface area contributed by atoms with Gasteiger partial charge in [0, 0.05) is 11.4 Å². The molecular weight excluding hydrogens is 406 g/mol. The minimum absolute atomic E-state index is 0.214. The van der Waals surface area contributed by atoms with Gasteiger partial charge in [0.05, 0.1) is 18.9 Å². The van der Waals surface area contributed by atoms with Crippen LogP contribution in [-0.4, -0.2) is 47.4 Å². The molecule has 0 aliphatic heterocycles. The molecule has 0 unspecified atom stereocenters. The normalized spacial score (nSPS) is 10.3. The molecule has 0 aliphatic carbocycles. The second-order valence-electron chi connectivity index (χ2n) is 6.00. The van der Waals surface area contributed by atoms with E-state index in [0.29, 0.717) is 16.4 Å². The minimum atomic E-state index is -0.676. The Balaban J connectivity index is 1.67. The van der Waals surface area contributed by atoms with Crippen LogP contribution in [0.1, 0.15) is 20.8 Å². The van der Waals surface area contributed by atoms with E-state index in [1.807, 2.05) is 36.6 Å². The lowest BCUT2D eigenvalue weighted by atomic mass is 10.2. The molecule has 1 N–H and O–H groups in total. The van der Waals surface area contributed by atoms with E-state index in [1.54, 1.807) is 22.8 Å². The van der Waals surface area contributed by atoms with Crippen molar-refractivity contribution in [3.8, 4) is 5.69 Å². The summed E-state index contributed by atoms with van der Waals surface area (Å²) in [5.41, 5.74) is 1.66. The van der Waals surface area contributed by atoms with Gasteiger partial charge >= 0.3 is 11.9 Å². The van der Waals surface area contributed by atoms with Crippen LogP contribution in [0, 0.1) is 0 Å². The van der Waals surface area contributed by atoms with Crippen LogP contribution in [-0.2, 0) is 14.3 Å². The predicted octanol–water partition coefficient (Wildman–Crippen LogP) is 3.18. The highest BCUT2D eigenvalue weighted by Crippen LogP contribution is 2.22. The first-order chi connectivity index (χ1) is 14.5. The van der Waals surface area contributed by atoms with E-state index in [9.17, 15) is 14.4 Å². The number of hydrogen-bond acceptors (Lipinski definition) is 7. The molecule has 0 radical (unpaired) electrons. The first-order valence-electron chi connectivity index (χ1n) is 8.86. The fraction of sp³-hybridized carbons (Fsp3) is 0.143. The number of carbonyl (C=O) groups is 3. The van der Waals surface area contributed by atoms with E-state index in [2.05, 4.69) is 15.0 Å². The number of methoxy groups -OCH3 is 1. The number of ether oxygens (including phenoxy) is 2. The zero-order valence-electron chi connectivity index (χ0n) is 16.3. The number of para-hydroxylation sites is 1. The Labute approximate surface area is 177 Å². The lowest BCUT2D eigenvalue weighted by Gasteiger charge is -2.11. The highest BCUT2D eigenvalue weighted by atomic mass is 32.2. The summed E-state index contributed by atoms with van der Waals surface area (Å²) >= 11 is 1.39. The third-order valence-electron chi connectivity index (χ3n) is 4.04. The zero-order chi connectivity index (χ0) is 21.5. The average molecular weight is 425 g/mol. The van der Waals surface area contributed by atoms with Crippen LogP contribution < -0.4 is 5.32 Å². The second kappa shape index (κ2) is 9.75. The molecule has 2 aromatic carbocycles. The van der Waals surface area contributed by atoms with E-state index in [0.717, 1.165) is 5.69 Å². The average Bonchev–Trinajstić information content (AvgIpc) is 3.22. The number of nitrogens with one attached hydrogen (secondary N) is 1. The van der Waals surface area contributed by atoms with Crippen LogP contribution in [0.3, 0.4) is 0 Å². The smallest absolute Gasteiger partial charge is 0.357 e. The lowest BCUT2D eigenvalue weighted by molar-refractivity contribution is -0.119. The fourth-order valence-electron chi connectivity index (χ4n) is 2.69. The van der Waals surface area contributed by atoms with Gasteiger partial charge in [0.1, 0.15) is 0 Å². The molecule has 8 nitrogen and oxygen atoms in total. The highest BCUT2D eigenvalue weighted by molar-refractivity contribution is 7.98. The Morgan fingerprint density at radius 1 is 1.07 bits per heavy atom. The molecule has 154 valence electrons. The monoisotopic (exact) mass is 425 g/mol. The first-order valence-corrected chi connectivity index (χ1v) is 10.1. The molecule has 0 atom stereocenters. The molecule has 0 spiro atoms. The van der Waals surface area contributed by atoms with Crippen molar-refractivity contribution in [2.75, 3.05) is 25.3 Å². The minimum Gasteiger partial charge on any atom is -0.465 e. The molecule has 0 saturated carbocycles. The number of hydrogen-bond donors (Lipinski definition) is 1. The van der Waals surface area contributed by atoms with Crippen molar-refractivity contribution in [3.63, 3.8) is 0 Å². The van der Waals surface area contributed by atoms with E-state index in [4.69, 9.17) is 4.74 Å². The number of nitrogens with zero attached hydrogens (tertiary/aromatic N) is 2. The van der Waals surface area contributed by atoms with Gasteiger partial charge in [-0.3, -0.25) is 9.36 Å². The van der Waals surface area contributed by atoms with Crippen molar-refractivity contribution in [1.29, 1.82) is 0 Å². The van der Waals surface area contributed by atoms with Crippen LogP contribution in [0.2, 0.25) is 0 Å². The number of imidazole rings is 1. The highest BCUT2D eigenvalue weighted by Gasteiger charge is 2.20. The van der Waals surface area contributed by atoms with Crippen molar-refractivity contribution < 1.29 is 23.9 Å². The van der Waals surface area contributed by atoms with Crippen molar-refractivity contribution in [2.45, 2.75) is 5.16 Å². The number of rotatable bonds is 7. The Kier molecular flexibility index (Phi) is 6.87. The molecule has 1 amide bonds. The number of amides is 1. The third kappa shape index (κ3) is 4.87. The summed E-state index contributed by atoms with van der Waals surface area (Å²) in [5, 5.41) is 3.20. The zero-order valence-corrected chi connectivity index (χ0v) is 17.1. The van der Waals surface area contributed by atoms with Crippen molar-refractivity contribution >= 4 is 35.3 Å². The summed E-state index contributed by atoms with van der Waals surface area (Å²) in [7, 11) is 1.27. The van der Waals surface area contributed by atoms with Crippen LogP contribution in [0.25, 0.3) is 5.69 Å². The fourth-order valence-corrected chi connectivity index (χ4v) is 3.24. The van der Waals surface area contributed by atoms with Gasteiger partial charge in [0.2, 0.25) is 0 Å². The van der Waals surface area contributed by atoms with Gasteiger partial charge in [-0.05, 0) is 36.6 Å². The second-order valence-corrected chi connectivity index (χ2v) is 6.77. The van der Waals surface area contributed by atoms with Gasteiger partial charge in [-0.1, -0.05) is 36.0 Å². The molecule has 0 bridgehead atoms. The van der Waals surface area contributed by atoms with E-state index in [-0.39, 0.29) is 5.69 Å². The molecule has 3 aromatic rings. The van der Waals surface area contributed by atoms with Crippen LogP contribution in [0.4, 0.5) is 5.69 Å².